The van der Waals surface area contributed by atoms with Gasteiger partial charge < -0.3 is 5.73 Å². The van der Waals surface area contributed by atoms with Crippen LogP contribution in [-0.2, 0) is 6.54 Å². The molecule has 3 N–H and O–H groups in total. The maximum absolute atomic E-state index is 7.53. The zero-order valence-electron chi connectivity index (χ0n) is 10.3. The van der Waals surface area contributed by atoms with Crippen molar-refractivity contribution in [1.29, 1.82) is 5.41 Å². The zero-order valence-corrected chi connectivity index (χ0v) is 10.3. The van der Waals surface area contributed by atoms with Crippen LogP contribution in [0.5, 0.6) is 0 Å². The highest BCUT2D eigenvalue weighted by atomic mass is 15.1. The van der Waals surface area contributed by atoms with Gasteiger partial charge in [0.25, 0.3) is 0 Å². The average molecular weight is 232 g/mol. The smallest absolute Gasteiger partial charge is 0.0949 e. The highest BCUT2D eigenvalue weighted by Gasteiger charge is 2.21. The molecule has 0 radical (unpaired) electrons. The number of aromatic nitrogens is 1. The Morgan fingerprint density at radius 3 is 3.12 bits per heavy atom. The van der Waals surface area contributed by atoms with E-state index in [0.29, 0.717) is 5.84 Å². The van der Waals surface area contributed by atoms with Gasteiger partial charge in [-0.25, -0.2) is 0 Å². The van der Waals surface area contributed by atoms with Crippen molar-refractivity contribution in [1.82, 2.24) is 9.88 Å². The predicted molar refractivity (Wildman–Crippen MR) is 68.9 cm³/mol. The summed E-state index contributed by atoms with van der Waals surface area (Å²) in [6.07, 6.45) is 5.98. The summed E-state index contributed by atoms with van der Waals surface area (Å²) in [5.41, 5.74) is 8.03. The van der Waals surface area contributed by atoms with Crippen LogP contribution < -0.4 is 5.73 Å². The van der Waals surface area contributed by atoms with Crippen molar-refractivity contribution >= 4 is 5.84 Å². The fraction of sp³-hybridized carbons (Fsp3) is 0.538. The lowest BCUT2D eigenvalue weighted by atomic mass is 9.97. The van der Waals surface area contributed by atoms with Gasteiger partial charge in [0, 0.05) is 31.4 Å². The number of nitrogens with zero attached hydrogens (tertiary/aromatic N) is 2. The molecule has 1 aromatic heterocycles. The summed E-state index contributed by atoms with van der Waals surface area (Å²) in [7, 11) is 0. The second-order valence-electron chi connectivity index (χ2n) is 4.90. The minimum absolute atomic E-state index is 0.238. The number of nitrogens with one attached hydrogen (secondary N) is 1. The topological polar surface area (TPSA) is 66.0 Å². The molecule has 1 aliphatic heterocycles. The fourth-order valence-electron chi connectivity index (χ4n) is 2.42. The van der Waals surface area contributed by atoms with Gasteiger partial charge in [0.15, 0.2) is 0 Å². The van der Waals surface area contributed by atoms with Crippen LogP contribution >= 0.6 is 0 Å². The lowest BCUT2D eigenvalue weighted by molar-refractivity contribution is 0.195. The monoisotopic (exact) mass is 232 g/mol. The van der Waals surface area contributed by atoms with Crippen molar-refractivity contribution in [2.24, 2.45) is 11.7 Å². The molecule has 0 saturated carbocycles. The Bertz CT molecular complexity index is 402. The molecular weight excluding hydrogens is 212 g/mol. The van der Waals surface area contributed by atoms with E-state index in [9.17, 15) is 0 Å². The van der Waals surface area contributed by atoms with Crippen molar-refractivity contribution < 1.29 is 0 Å². The molecule has 2 heterocycles. The summed E-state index contributed by atoms with van der Waals surface area (Å²) >= 11 is 0. The van der Waals surface area contributed by atoms with Crippen LogP contribution in [0.2, 0.25) is 0 Å². The highest BCUT2D eigenvalue weighted by molar-refractivity contribution is 5.79. The van der Waals surface area contributed by atoms with E-state index >= 15 is 0 Å². The first-order valence-electron chi connectivity index (χ1n) is 6.12. The fourth-order valence-corrected chi connectivity index (χ4v) is 2.42. The molecule has 1 saturated heterocycles. The van der Waals surface area contributed by atoms with E-state index in [2.05, 4.69) is 22.9 Å². The van der Waals surface area contributed by atoms with E-state index in [1.54, 1.807) is 0 Å². The van der Waals surface area contributed by atoms with Crippen LogP contribution in [0.25, 0.3) is 0 Å². The van der Waals surface area contributed by atoms with E-state index in [-0.39, 0.29) is 5.92 Å². The molecule has 0 aliphatic carbocycles. The molecule has 1 aromatic rings. The van der Waals surface area contributed by atoms with Gasteiger partial charge in [-0.1, -0.05) is 6.07 Å². The molecule has 0 spiro atoms. The van der Waals surface area contributed by atoms with E-state index in [4.69, 9.17) is 11.1 Å². The molecule has 1 fully saturated rings. The number of pyridine rings is 1. The van der Waals surface area contributed by atoms with Gasteiger partial charge in [-0.3, -0.25) is 15.3 Å². The Kier molecular flexibility index (Phi) is 3.74. The maximum atomic E-state index is 7.53. The number of rotatable bonds is 3. The normalized spacial score (nSPS) is 21.4. The van der Waals surface area contributed by atoms with Crippen LogP contribution in [-0.4, -0.2) is 28.8 Å². The first-order chi connectivity index (χ1) is 8.15. The molecule has 4 heteroatoms. The first-order valence-corrected chi connectivity index (χ1v) is 6.12. The van der Waals surface area contributed by atoms with E-state index in [0.717, 1.165) is 32.5 Å². The number of hydrogen-bond donors (Lipinski definition) is 2. The van der Waals surface area contributed by atoms with Crippen LogP contribution in [0, 0.1) is 18.3 Å². The number of piperidine rings is 1. The van der Waals surface area contributed by atoms with Crippen molar-refractivity contribution in [3.05, 3.63) is 29.6 Å². The molecule has 1 unspecified atom stereocenters. The summed E-state index contributed by atoms with van der Waals surface area (Å²) in [4.78, 5) is 6.58. The lowest BCUT2D eigenvalue weighted by Gasteiger charge is -2.32. The molecule has 0 bridgehead atoms. The summed E-state index contributed by atoms with van der Waals surface area (Å²) < 4.78 is 0. The third kappa shape index (κ3) is 3.27. The van der Waals surface area contributed by atoms with Gasteiger partial charge in [-0.2, -0.15) is 0 Å². The largest absolute Gasteiger partial charge is 0.387 e. The molecule has 2 rings (SSSR count). The van der Waals surface area contributed by atoms with E-state index in [1.807, 2.05) is 12.4 Å². The quantitative estimate of drug-likeness (QED) is 0.613. The summed E-state index contributed by atoms with van der Waals surface area (Å²) in [5, 5.41) is 7.53. The summed E-state index contributed by atoms with van der Waals surface area (Å²) in [5.74, 6) is 0.568. The molecular formula is C13H20N4. The second kappa shape index (κ2) is 5.27. The molecule has 0 amide bonds. The van der Waals surface area contributed by atoms with Crippen LogP contribution in [0.4, 0.5) is 0 Å². The van der Waals surface area contributed by atoms with Crippen LogP contribution in [0.1, 0.15) is 24.0 Å². The minimum Gasteiger partial charge on any atom is -0.387 e. The molecule has 1 atom stereocenters. The van der Waals surface area contributed by atoms with Gasteiger partial charge in [0.05, 0.1) is 5.84 Å². The number of aryl methyl sites for hydroxylation is 1. The average Bonchev–Trinajstić information content (AvgIpc) is 2.29. The third-order valence-corrected chi connectivity index (χ3v) is 3.28. The predicted octanol–water partition coefficient (Wildman–Crippen LogP) is 1.54. The SMILES string of the molecule is Cc1cncc(CN2CCCC(C(=N)N)C2)c1. The third-order valence-electron chi connectivity index (χ3n) is 3.28. The number of nitrogens with two attached hydrogens (primary N) is 1. The lowest BCUT2D eigenvalue weighted by Crippen LogP contribution is -2.40. The van der Waals surface area contributed by atoms with Gasteiger partial charge in [-0.05, 0) is 37.4 Å². The van der Waals surface area contributed by atoms with Gasteiger partial charge >= 0.3 is 0 Å². The van der Waals surface area contributed by atoms with Crippen LogP contribution in [0.3, 0.4) is 0 Å². The number of amidine groups is 1. The van der Waals surface area contributed by atoms with Crippen molar-refractivity contribution in [3.63, 3.8) is 0 Å². The highest BCUT2D eigenvalue weighted by Crippen LogP contribution is 2.18. The van der Waals surface area contributed by atoms with Gasteiger partial charge in [0.1, 0.15) is 0 Å². The maximum Gasteiger partial charge on any atom is 0.0949 e. The molecule has 0 aromatic carbocycles. The number of likely N-dealkylation sites (tertiary alicyclic amines) is 1. The minimum atomic E-state index is 0.238. The standard InChI is InChI=1S/C13H20N4/c1-10-5-11(7-16-6-10)8-17-4-2-3-12(9-17)13(14)15/h5-7,12H,2-4,8-9H2,1H3,(H3,14,15). The van der Waals surface area contributed by atoms with E-state index in [1.165, 1.54) is 11.1 Å². The number of hydrogen-bond acceptors (Lipinski definition) is 3. The van der Waals surface area contributed by atoms with Crippen molar-refractivity contribution in [2.45, 2.75) is 26.3 Å². The summed E-state index contributed by atoms with van der Waals surface area (Å²) in [6, 6.07) is 2.17. The molecule has 17 heavy (non-hydrogen) atoms. The Labute approximate surface area is 102 Å². The molecule has 92 valence electrons. The Hall–Kier alpha value is -1.42. The summed E-state index contributed by atoms with van der Waals surface area (Å²) in [6.45, 7) is 4.98. The Balaban J connectivity index is 1.97. The van der Waals surface area contributed by atoms with Crippen molar-refractivity contribution in [2.75, 3.05) is 13.1 Å². The van der Waals surface area contributed by atoms with Crippen molar-refractivity contribution in [3.8, 4) is 0 Å². The van der Waals surface area contributed by atoms with Gasteiger partial charge in [0.2, 0.25) is 0 Å². The first kappa shape index (κ1) is 12.0. The van der Waals surface area contributed by atoms with Crippen LogP contribution in [0.15, 0.2) is 18.5 Å². The second-order valence-corrected chi connectivity index (χ2v) is 4.90. The molecule has 1 aliphatic rings. The van der Waals surface area contributed by atoms with E-state index < -0.39 is 0 Å². The molecule has 4 nitrogen and oxygen atoms in total. The zero-order chi connectivity index (χ0) is 12.3. The Morgan fingerprint density at radius 1 is 1.59 bits per heavy atom. The Morgan fingerprint density at radius 2 is 2.41 bits per heavy atom. The van der Waals surface area contributed by atoms with Gasteiger partial charge in [-0.15, -0.1) is 0 Å².